The van der Waals surface area contributed by atoms with Gasteiger partial charge in [0.05, 0.1) is 23.6 Å². The van der Waals surface area contributed by atoms with E-state index in [2.05, 4.69) is 0 Å². The van der Waals surface area contributed by atoms with Gasteiger partial charge in [0, 0.05) is 10.6 Å². The van der Waals surface area contributed by atoms with E-state index in [9.17, 15) is 9.90 Å². The Morgan fingerprint density at radius 3 is 2.67 bits per heavy atom. The molecular formula is C10H14N2O2S. The van der Waals surface area contributed by atoms with E-state index in [4.69, 9.17) is 5.73 Å². The number of β-amino-alcohol motifs (C(OH)–C–C–N with tert-alkyl or cyclic N) is 1. The molecule has 0 saturated carbocycles. The molecule has 1 fully saturated rings. The van der Waals surface area contributed by atoms with Crippen LogP contribution >= 0.6 is 11.3 Å². The van der Waals surface area contributed by atoms with Gasteiger partial charge in [0.2, 0.25) is 0 Å². The number of rotatable bonds is 1. The zero-order chi connectivity index (χ0) is 11.2. The van der Waals surface area contributed by atoms with Crippen molar-refractivity contribution < 1.29 is 9.90 Å². The van der Waals surface area contributed by atoms with Crippen LogP contribution < -0.4 is 5.73 Å². The van der Waals surface area contributed by atoms with Crippen molar-refractivity contribution in [1.82, 2.24) is 4.90 Å². The van der Waals surface area contributed by atoms with E-state index >= 15 is 0 Å². The number of amides is 1. The lowest BCUT2D eigenvalue weighted by Gasteiger charge is -2.43. The molecular weight excluding hydrogens is 212 g/mol. The first-order chi connectivity index (χ1) is 6.89. The summed E-state index contributed by atoms with van der Waals surface area (Å²) in [5.41, 5.74) is 5.63. The van der Waals surface area contributed by atoms with Crippen LogP contribution in [0.3, 0.4) is 0 Å². The van der Waals surface area contributed by atoms with Gasteiger partial charge in [-0.3, -0.25) is 4.79 Å². The molecule has 0 aromatic carbocycles. The Kier molecular flexibility index (Phi) is 2.24. The van der Waals surface area contributed by atoms with Gasteiger partial charge in [-0.2, -0.15) is 0 Å². The third-order valence-electron chi connectivity index (χ3n) is 2.52. The Labute approximate surface area is 92.3 Å². The second-order valence-electron chi connectivity index (χ2n) is 4.28. The molecule has 0 spiro atoms. The van der Waals surface area contributed by atoms with E-state index in [1.54, 1.807) is 17.9 Å². The Morgan fingerprint density at radius 1 is 1.67 bits per heavy atom. The molecule has 0 aliphatic carbocycles. The molecule has 82 valence electrons. The topological polar surface area (TPSA) is 66.6 Å². The number of nitrogens with two attached hydrogens (primary N) is 1. The van der Waals surface area contributed by atoms with E-state index in [1.807, 2.05) is 6.92 Å². The molecule has 0 unspecified atom stereocenters. The fourth-order valence-corrected chi connectivity index (χ4v) is 2.59. The van der Waals surface area contributed by atoms with E-state index in [0.29, 0.717) is 23.7 Å². The molecule has 1 aromatic heterocycles. The molecule has 1 saturated heterocycles. The standard InChI is InChI=1S/C10H14N2O2S/c1-6-7(11)3-8(15-6)9(13)12-4-10(2,14)5-12/h3,14H,4-5,11H2,1-2H3. The van der Waals surface area contributed by atoms with Crippen LogP contribution in [0.1, 0.15) is 21.5 Å². The van der Waals surface area contributed by atoms with E-state index < -0.39 is 5.60 Å². The first-order valence-corrected chi connectivity index (χ1v) is 5.58. The van der Waals surface area contributed by atoms with Gasteiger partial charge < -0.3 is 15.7 Å². The second kappa shape index (κ2) is 3.21. The summed E-state index contributed by atoms with van der Waals surface area (Å²) in [6, 6.07) is 1.70. The largest absolute Gasteiger partial charge is 0.398 e. The third kappa shape index (κ3) is 1.85. The first-order valence-electron chi connectivity index (χ1n) is 4.77. The van der Waals surface area contributed by atoms with Crippen LogP contribution in [-0.4, -0.2) is 34.6 Å². The highest BCUT2D eigenvalue weighted by Crippen LogP contribution is 2.28. The lowest BCUT2D eigenvalue weighted by atomic mass is 9.97. The average molecular weight is 226 g/mol. The highest BCUT2D eigenvalue weighted by atomic mass is 32.1. The summed E-state index contributed by atoms with van der Waals surface area (Å²) in [5, 5.41) is 9.52. The summed E-state index contributed by atoms with van der Waals surface area (Å²) in [6.45, 7) is 4.43. The minimum atomic E-state index is -0.715. The molecule has 1 aromatic rings. The van der Waals surface area contributed by atoms with Gasteiger partial charge in [-0.1, -0.05) is 0 Å². The zero-order valence-corrected chi connectivity index (χ0v) is 9.60. The van der Waals surface area contributed by atoms with E-state index in [0.717, 1.165) is 4.88 Å². The average Bonchev–Trinajstić information content (AvgIpc) is 2.42. The number of carbonyl (C=O) groups excluding carboxylic acids is 1. The van der Waals surface area contributed by atoms with Crippen LogP contribution in [0.15, 0.2) is 6.07 Å². The number of nitrogens with zero attached hydrogens (tertiary/aromatic N) is 1. The van der Waals surface area contributed by atoms with Crippen LogP contribution in [0, 0.1) is 6.92 Å². The molecule has 1 amide bonds. The molecule has 5 heteroatoms. The van der Waals surface area contributed by atoms with Gasteiger partial charge in [0.25, 0.3) is 5.91 Å². The Bertz CT molecular complexity index is 384. The molecule has 4 nitrogen and oxygen atoms in total. The van der Waals surface area contributed by atoms with Crippen LogP contribution in [0.2, 0.25) is 0 Å². The number of likely N-dealkylation sites (tertiary alicyclic amines) is 1. The van der Waals surface area contributed by atoms with Crippen LogP contribution in [0.5, 0.6) is 0 Å². The van der Waals surface area contributed by atoms with Gasteiger partial charge in [-0.05, 0) is 19.9 Å². The Morgan fingerprint density at radius 2 is 2.27 bits per heavy atom. The highest BCUT2D eigenvalue weighted by Gasteiger charge is 2.40. The van der Waals surface area contributed by atoms with Gasteiger partial charge in [0.15, 0.2) is 0 Å². The smallest absolute Gasteiger partial charge is 0.264 e. The van der Waals surface area contributed by atoms with Crippen molar-refractivity contribution in [2.75, 3.05) is 18.8 Å². The molecule has 15 heavy (non-hydrogen) atoms. The van der Waals surface area contributed by atoms with Crippen molar-refractivity contribution in [2.45, 2.75) is 19.4 Å². The van der Waals surface area contributed by atoms with Crippen molar-refractivity contribution in [3.63, 3.8) is 0 Å². The van der Waals surface area contributed by atoms with Gasteiger partial charge in [-0.25, -0.2) is 0 Å². The number of carbonyl (C=O) groups is 1. The summed E-state index contributed by atoms with van der Waals surface area (Å²) in [5.74, 6) is -0.0358. The molecule has 0 radical (unpaired) electrons. The van der Waals surface area contributed by atoms with E-state index in [1.165, 1.54) is 11.3 Å². The van der Waals surface area contributed by atoms with Gasteiger partial charge >= 0.3 is 0 Å². The summed E-state index contributed by atoms with van der Waals surface area (Å²) in [6.07, 6.45) is 0. The van der Waals surface area contributed by atoms with E-state index in [-0.39, 0.29) is 5.91 Å². The number of hydrogen-bond acceptors (Lipinski definition) is 4. The van der Waals surface area contributed by atoms with Crippen LogP contribution in [-0.2, 0) is 0 Å². The fraction of sp³-hybridized carbons (Fsp3) is 0.500. The SMILES string of the molecule is Cc1sc(C(=O)N2CC(C)(O)C2)cc1N. The van der Waals surface area contributed by atoms with Crippen molar-refractivity contribution >= 4 is 22.9 Å². The Balaban J connectivity index is 2.10. The number of hydrogen-bond donors (Lipinski definition) is 2. The monoisotopic (exact) mass is 226 g/mol. The zero-order valence-electron chi connectivity index (χ0n) is 8.78. The maximum absolute atomic E-state index is 11.8. The minimum absolute atomic E-state index is 0.0358. The maximum atomic E-state index is 11.8. The van der Waals surface area contributed by atoms with Crippen LogP contribution in [0.25, 0.3) is 0 Å². The second-order valence-corrected chi connectivity index (χ2v) is 5.54. The molecule has 2 rings (SSSR count). The lowest BCUT2D eigenvalue weighted by Crippen LogP contribution is -2.61. The quantitative estimate of drug-likeness (QED) is 0.746. The molecule has 1 aliphatic heterocycles. The molecule has 0 atom stereocenters. The summed E-state index contributed by atoms with van der Waals surface area (Å²) < 4.78 is 0. The van der Waals surface area contributed by atoms with Gasteiger partial charge in [-0.15, -0.1) is 11.3 Å². The summed E-state index contributed by atoms with van der Waals surface area (Å²) >= 11 is 1.40. The molecule has 1 aliphatic rings. The Hall–Kier alpha value is -1.07. The number of thiophene rings is 1. The number of aliphatic hydroxyl groups is 1. The molecule has 0 bridgehead atoms. The van der Waals surface area contributed by atoms with Gasteiger partial charge in [0.1, 0.15) is 0 Å². The summed E-state index contributed by atoms with van der Waals surface area (Å²) in [4.78, 5) is 15.1. The summed E-state index contributed by atoms with van der Waals surface area (Å²) in [7, 11) is 0. The van der Waals surface area contributed by atoms with Crippen molar-refractivity contribution in [3.8, 4) is 0 Å². The molecule has 2 heterocycles. The number of anilines is 1. The van der Waals surface area contributed by atoms with Crippen molar-refractivity contribution in [2.24, 2.45) is 0 Å². The minimum Gasteiger partial charge on any atom is -0.398 e. The van der Waals surface area contributed by atoms with Crippen LogP contribution in [0.4, 0.5) is 5.69 Å². The third-order valence-corrected chi connectivity index (χ3v) is 3.57. The van der Waals surface area contributed by atoms with Crippen molar-refractivity contribution in [1.29, 1.82) is 0 Å². The normalized spacial score (nSPS) is 18.7. The predicted octanol–water partition coefficient (Wildman–Crippen LogP) is 0.846. The molecule has 3 N–H and O–H groups in total. The number of nitrogen functional groups attached to an aromatic ring is 1. The maximum Gasteiger partial charge on any atom is 0.264 e. The fourth-order valence-electron chi connectivity index (χ4n) is 1.68. The lowest BCUT2D eigenvalue weighted by molar-refractivity contribution is -0.0666. The number of aryl methyl sites for hydroxylation is 1. The van der Waals surface area contributed by atoms with Crippen molar-refractivity contribution in [3.05, 3.63) is 15.8 Å². The first kappa shape index (κ1) is 10.4. The highest BCUT2D eigenvalue weighted by molar-refractivity contribution is 7.14. The predicted molar refractivity (Wildman–Crippen MR) is 60.0 cm³/mol.